The number of para-hydroxylation sites is 1. The minimum atomic E-state index is -0.169. The van der Waals surface area contributed by atoms with E-state index in [0.717, 1.165) is 39.1 Å². The molecular weight excluding hydrogens is 257 g/mol. The first-order chi connectivity index (χ1) is 9.66. The van der Waals surface area contributed by atoms with Crippen molar-refractivity contribution in [1.82, 2.24) is 9.80 Å². The predicted octanol–water partition coefficient (Wildman–Crippen LogP) is 1.18. The van der Waals surface area contributed by atoms with Crippen LogP contribution in [0.4, 0.5) is 10.1 Å². The molecule has 0 aliphatic carbocycles. The zero-order valence-electron chi connectivity index (χ0n) is 11.8. The Labute approximate surface area is 118 Å². The summed E-state index contributed by atoms with van der Waals surface area (Å²) in [5.74, 6) is 0.0574. The van der Waals surface area contributed by atoms with E-state index in [1.165, 1.54) is 6.07 Å². The van der Waals surface area contributed by atoms with Crippen molar-refractivity contribution < 1.29 is 9.18 Å². The number of rotatable bonds is 2. The molecule has 2 saturated heterocycles. The molecule has 0 saturated carbocycles. The highest BCUT2D eigenvalue weighted by Crippen LogP contribution is 2.23. The van der Waals surface area contributed by atoms with Gasteiger partial charge < -0.3 is 9.80 Å². The molecule has 0 radical (unpaired) electrons. The van der Waals surface area contributed by atoms with Gasteiger partial charge in [0.2, 0.25) is 5.91 Å². The van der Waals surface area contributed by atoms with Crippen molar-refractivity contribution in [3.05, 3.63) is 30.1 Å². The van der Waals surface area contributed by atoms with E-state index in [4.69, 9.17) is 0 Å². The van der Waals surface area contributed by atoms with Gasteiger partial charge in [-0.15, -0.1) is 0 Å². The molecule has 4 nitrogen and oxygen atoms in total. The summed E-state index contributed by atoms with van der Waals surface area (Å²) in [6.45, 7) is 4.02. The van der Waals surface area contributed by atoms with Crippen LogP contribution in [0.15, 0.2) is 24.3 Å². The summed E-state index contributed by atoms with van der Waals surface area (Å²) >= 11 is 0. The highest BCUT2D eigenvalue weighted by Gasteiger charge is 2.35. The normalized spacial score (nSPS) is 24.5. The second-order valence-corrected chi connectivity index (χ2v) is 5.54. The van der Waals surface area contributed by atoms with Crippen LogP contribution in [-0.4, -0.2) is 61.5 Å². The quantitative estimate of drug-likeness (QED) is 0.812. The molecule has 1 aromatic carbocycles. The SMILES string of the molecule is CN1CC[C@H](N2CCN(c3ccccc3F)CC2)C1=O. The lowest BCUT2D eigenvalue weighted by atomic mass is 10.1. The zero-order chi connectivity index (χ0) is 14.1. The van der Waals surface area contributed by atoms with Crippen molar-refractivity contribution in [1.29, 1.82) is 0 Å². The lowest BCUT2D eigenvalue weighted by molar-refractivity contribution is -0.131. The number of hydrogen-bond acceptors (Lipinski definition) is 3. The highest BCUT2D eigenvalue weighted by molar-refractivity contribution is 5.83. The van der Waals surface area contributed by atoms with Crippen LogP contribution in [0.5, 0.6) is 0 Å². The molecule has 20 heavy (non-hydrogen) atoms. The molecule has 0 bridgehead atoms. The number of carbonyl (C=O) groups excluding carboxylic acids is 1. The van der Waals surface area contributed by atoms with Crippen LogP contribution in [0.3, 0.4) is 0 Å². The largest absolute Gasteiger partial charge is 0.367 e. The van der Waals surface area contributed by atoms with Crippen LogP contribution in [-0.2, 0) is 4.79 Å². The highest BCUT2D eigenvalue weighted by atomic mass is 19.1. The number of likely N-dealkylation sites (tertiary alicyclic amines) is 1. The molecule has 1 atom stereocenters. The van der Waals surface area contributed by atoms with Crippen molar-refractivity contribution in [3.8, 4) is 0 Å². The minimum Gasteiger partial charge on any atom is -0.367 e. The third kappa shape index (κ3) is 2.38. The number of likely N-dealkylation sites (N-methyl/N-ethyl adjacent to an activating group) is 1. The van der Waals surface area contributed by atoms with E-state index in [2.05, 4.69) is 9.80 Å². The van der Waals surface area contributed by atoms with Crippen LogP contribution in [0.1, 0.15) is 6.42 Å². The fourth-order valence-electron chi connectivity index (χ4n) is 3.13. The van der Waals surface area contributed by atoms with E-state index < -0.39 is 0 Å². The number of benzene rings is 1. The number of halogens is 1. The Morgan fingerprint density at radius 1 is 1.10 bits per heavy atom. The number of nitrogens with zero attached hydrogens (tertiary/aromatic N) is 3. The van der Waals surface area contributed by atoms with E-state index in [1.54, 1.807) is 11.0 Å². The summed E-state index contributed by atoms with van der Waals surface area (Å²) in [6.07, 6.45) is 0.912. The third-order valence-corrected chi connectivity index (χ3v) is 4.35. The first kappa shape index (κ1) is 13.4. The summed E-state index contributed by atoms with van der Waals surface area (Å²) in [7, 11) is 1.86. The third-order valence-electron chi connectivity index (χ3n) is 4.35. The van der Waals surface area contributed by atoms with Gasteiger partial charge >= 0.3 is 0 Å². The summed E-state index contributed by atoms with van der Waals surface area (Å²) in [4.78, 5) is 18.1. The first-order valence-corrected chi connectivity index (χ1v) is 7.15. The zero-order valence-corrected chi connectivity index (χ0v) is 11.8. The number of piperazine rings is 1. The molecule has 5 heteroatoms. The van der Waals surface area contributed by atoms with Crippen LogP contribution < -0.4 is 4.90 Å². The Morgan fingerprint density at radius 2 is 1.80 bits per heavy atom. The molecule has 1 aromatic rings. The van der Waals surface area contributed by atoms with E-state index in [9.17, 15) is 9.18 Å². The molecule has 2 heterocycles. The Kier molecular flexibility index (Phi) is 3.61. The number of amides is 1. The molecule has 0 aromatic heterocycles. The van der Waals surface area contributed by atoms with Gasteiger partial charge in [0.1, 0.15) is 5.82 Å². The van der Waals surface area contributed by atoms with Gasteiger partial charge in [0.05, 0.1) is 11.7 Å². The molecule has 0 spiro atoms. The second-order valence-electron chi connectivity index (χ2n) is 5.54. The standard InChI is InChI=1S/C15H20FN3O/c1-17-7-6-14(15(17)20)19-10-8-18(9-11-19)13-5-3-2-4-12(13)16/h2-5,14H,6-11H2,1H3/t14-/m0/s1. The van der Waals surface area contributed by atoms with Crippen molar-refractivity contribution in [2.24, 2.45) is 0 Å². The summed E-state index contributed by atoms with van der Waals surface area (Å²) in [5.41, 5.74) is 0.669. The topological polar surface area (TPSA) is 26.8 Å². The average molecular weight is 277 g/mol. The van der Waals surface area contributed by atoms with Crippen LogP contribution in [0.25, 0.3) is 0 Å². The maximum Gasteiger partial charge on any atom is 0.239 e. The Bertz CT molecular complexity index is 500. The van der Waals surface area contributed by atoms with Gasteiger partial charge in [-0.2, -0.15) is 0 Å². The van der Waals surface area contributed by atoms with Crippen molar-refractivity contribution in [2.45, 2.75) is 12.5 Å². The lowest BCUT2D eigenvalue weighted by Gasteiger charge is -2.38. The van der Waals surface area contributed by atoms with Crippen LogP contribution in [0.2, 0.25) is 0 Å². The molecule has 2 aliphatic rings. The van der Waals surface area contributed by atoms with Crippen molar-refractivity contribution in [3.63, 3.8) is 0 Å². The number of carbonyl (C=O) groups is 1. The fraction of sp³-hybridized carbons (Fsp3) is 0.533. The summed E-state index contributed by atoms with van der Waals surface area (Å²) in [5, 5.41) is 0. The second kappa shape index (κ2) is 5.40. The van der Waals surface area contributed by atoms with Gasteiger partial charge in [-0.3, -0.25) is 9.69 Å². The Morgan fingerprint density at radius 3 is 2.40 bits per heavy atom. The van der Waals surface area contributed by atoms with Crippen molar-refractivity contribution in [2.75, 3.05) is 44.7 Å². The molecule has 2 aliphatic heterocycles. The summed E-state index contributed by atoms with van der Waals surface area (Å²) in [6, 6.07) is 6.92. The Balaban J connectivity index is 1.63. The van der Waals surface area contributed by atoms with Gasteiger partial charge in [0.15, 0.2) is 0 Å². The smallest absolute Gasteiger partial charge is 0.239 e. The monoisotopic (exact) mass is 277 g/mol. The molecule has 108 valence electrons. The molecule has 0 N–H and O–H groups in total. The number of hydrogen-bond donors (Lipinski definition) is 0. The summed E-state index contributed by atoms with van der Waals surface area (Å²) < 4.78 is 13.8. The van der Waals surface area contributed by atoms with Gasteiger partial charge in [0.25, 0.3) is 0 Å². The molecular formula is C15H20FN3O. The van der Waals surface area contributed by atoms with Gasteiger partial charge in [-0.1, -0.05) is 12.1 Å². The van der Waals surface area contributed by atoms with E-state index in [-0.39, 0.29) is 17.8 Å². The van der Waals surface area contributed by atoms with E-state index in [1.807, 2.05) is 19.2 Å². The average Bonchev–Trinajstić information content (AvgIpc) is 2.80. The van der Waals surface area contributed by atoms with E-state index in [0.29, 0.717) is 5.69 Å². The fourth-order valence-corrected chi connectivity index (χ4v) is 3.13. The molecule has 2 fully saturated rings. The molecule has 0 unspecified atom stereocenters. The maximum absolute atomic E-state index is 13.8. The maximum atomic E-state index is 13.8. The van der Waals surface area contributed by atoms with Gasteiger partial charge in [-0.05, 0) is 18.6 Å². The predicted molar refractivity (Wildman–Crippen MR) is 76.2 cm³/mol. The lowest BCUT2D eigenvalue weighted by Crippen LogP contribution is -2.52. The van der Waals surface area contributed by atoms with Gasteiger partial charge in [-0.25, -0.2) is 4.39 Å². The van der Waals surface area contributed by atoms with Crippen LogP contribution in [0, 0.1) is 5.82 Å². The van der Waals surface area contributed by atoms with Gasteiger partial charge in [0, 0.05) is 39.8 Å². The number of anilines is 1. The van der Waals surface area contributed by atoms with Crippen LogP contribution >= 0.6 is 0 Å². The van der Waals surface area contributed by atoms with E-state index >= 15 is 0 Å². The Hall–Kier alpha value is -1.62. The van der Waals surface area contributed by atoms with Crippen molar-refractivity contribution >= 4 is 11.6 Å². The molecule has 1 amide bonds. The minimum absolute atomic E-state index is 0.0303. The molecule has 3 rings (SSSR count). The first-order valence-electron chi connectivity index (χ1n) is 7.15.